The molecule has 0 fully saturated rings. The van der Waals surface area contributed by atoms with E-state index in [1.165, 1.54) is 11.8 Å². The Balaban J connectivity index is 1.51. The van der Waals surface area contributed by atoms with Crippen molar-refractivity contribution < 1.29 is 9.15 Å². The summed E-state index contributed by atoms with van der Waals surface area (Å²) in [6, 6.07) is 17.5. The number of para-hydroxylation sites is 1. The van der Waals surface area contributed by atoms with E-state index in [0.29, 0.717) is 34.5 Å². The zero-order valence-corrected chi connectivity index (χ0v) is 18.5. The zero-order chi connectivity index (χ0) is 21.8. The molecule has 158 valence electrons. The van der Waals surface area contributed by atoms with Crippen LogP contribution >= 0.6 is 11.8 Å². The van der Waals surface area contributed by atoms with Gasteiger partial charge in [-0.1, -0.05) is 54.2 Å². The highest BCUT2D eigenvalue weighted by Crippen LogP contribution is 2.31. The van der Waals surface area contributed by atoms with Crippen molar-refractivity contribution >= 4 is 11.8 Å². The Morgan fingerprint density at radius 2 is 1.77 bits per heavy atom. The van der Waals surface area contributed by atoms with E-state index in [2.05, 4.69) is 15.0 Å². The Kier molecular flexibility index (Phi) is 6.23. The molecule has 0 aliphatic carbocycles. The quantitative estimate of drug-likeness (QED) is 0.329. The van der Waals surface area contributed by atoms with Crippen molar-refractivity contribution in [3.63, 3.8) is 0 Å². The van der Waals surface area contributed by atoms with Crippen LogP contribution in [0.1, 0.15) is 28.3 Å². The van der Waals surface area contributed by atoms with Crippen LogP contribution in [0.3, 0.4) is 0 Å². The van der Waals surface area contributed by atoms with Crippen molar-refractivity contribution in [3.05, 3.63) is 93.2 Å². The molecule has 0 saturated heterocycles. The van der Waals surface area contributed by atoms with Crippen LogP contribution in [0.4, 0.5) is 0 Å². The first-order valence-electron chi connectivity index (χ1n) is 9.91. The van der Waals surface area contributed by atoms with E-state index in [1.807, 2.05) is 68.4 Å². The van der Waals surface area contributed by atoms with E-state index in [1.54, 1.807) is 7.11 Å². The maximum Gasteiger partial charge on any atom is 0.255 e. The van der Waals surface area contributed by atoms with Crippen molar-refractivity contribution in [2.24, 2.45) is 0 Å². The van der Waals surface area contributed by atoms with Crippen LogP contribution in [0.15, 0.2) is 69.0 Å². The number of nitrogens with one attached hydrogen (secondary N) is 1. The normalized spacial score (nSPS) is 10.9. The summed E-state index contributed by atoms with van der Waals surface area (Å²) in [5.74, 6) is 2.48. The molecular weight excluding hydrogens is 410 g/mol. The molecule has 4 rings (SSSR count). The molecule has 4 aromatic rings. The van der Waals surface area contributed by atoms with Gasteiger partial charge in [0.25, 0.3) is 5.56 Å². The van der Waals surface area contributed by atoms with E-state index >= 15 is 0 Å². The number of ether oxygens (including phenoxy) is 1. The predicted molar refractivity (Wildman–Crippen MR) is 122 cm³/mol. The minimum Gasteiger partial charge on any atom is -0.496 e. The van der Waals surface area contributed by atoms with Gasteiger partial charge in [0.15, 0.2) is 5.16 Å². The molecule has 31 heavy (non-hydrogen) atoms. The van der Waals surface area contributed by atoms with Gasteiger partial charge in [-0.3, -0.25) is 4.79 Å². The molecule has 2 aromatic carbocycles. The molecule has 0 bridgehead atoms. The van der Waals surface area contributed by atoms with Gasteiger partial charge in [0.2, 0.25) is 5.89 Å². The van der Waals surface area contributed by atoms with Gasteiger partial charge in [-0.2, -0.15) is 0 Å². The molecule has 0 aliphatic rings. The molecule has 6 nitrogen and oxygen atoms in total. The fourth-order valence-corrected chi connectivity index (χ4v) is 4.20. The minimum atomic E-state index is -0.106. The number of aryl methyl sites for hydroxylation is 2. The minimum absolute atomic E-state index is 0.106. The lowest BCUT2D eigenvalue weighted by Crippen LogP contribution is -2.17. The summed E-state index contributed by atoms with van der Waals surface area (Å²) in [7, 11) is 1.62. The maximum absolute atomic E-state index is 12.6. The van der Waals surface area contributed by atoms with E-state index in [9.17, 15) is 4.79 Å². The number of H-pyrrole nitrogens is 1. The van der Waals surface area contributed by atoms with E-state index < -0.39 is 0 Å². The third-order valence-electron chi connectivity index (χ3n) is 5.00. The lowest BCUT2D eigenvalue weighted by atomic mass is 10.1. The van der Waals surface area contributed by atoms with Gasteiger partial charge in [-0.25, -0.2) is 9.97 Å². The molecule has 0 amide bonds. The molecular formula is C24H23N3O3S. The van der Waals surface area contributed by atoms with Gasteiger partial charge < -0.3 is 14.1 Å². The van der Waals surface area contributed by atoms with Gasteiger partial charge in [0.05, 0.1) is 18.4 Å². The van der Waals surface area contributed by atoms with Gasteiger partial charge in [0.1, 0.15) is 11.5 Å². The highest BCUT2D eigenvalue weighted by Gasteiger charge is 2.16. The highest BCUT2D eigenvalue weighted by molar-refractivity contribution is 7.98. The van der Waals surface area contributed by atoms with E-state index in [-0.39, 0.29) is 5.56 Å². The number of hydrogen-bond acceptors (Lipinski definition) is 6. The number of methoxy groups -OCH3 is 1. The Labute approximate surface area is 184 Å². The second-order valence-electron chi connectivity index (χ2n) is 7.11. The van der Waals surface area contributed by atoms with Gasteiger partial charge in [-0.15, -0.1) is 0 Å². The van der Waals surface area contributed by atoms with Gasteiger partial charge >= 0.3 is 0 Å². The maximum atomic E-state index is 12.6. The zero-order valence-electron chi connectivity index (χ0n) is 17.6. The Bertz CT molecular complexity index is 1250. The molecule has 0 spiro atoms. The molecule has 0 unspecified atom stereocenters. The molecule has 0 saturated carbocycles. The van der Waals surface area contributed by atoms with Crippen molar-refractivity contribution in [1.29, 1.82) is 0 Å². The number of hydrogen-bond donors (Lipinski definition) is 1. The monoisotopic (exact) mass is 433 g/mol. The Hall–Kier alpha value is -3.32. The van der Waals surface area contributed by atoms with Crippen molar-refractivity contribution in [3.8, 4) is 17.2 Å². The second kappa shape index (κ2) is 9.22. The van der Waals surface area contributed by atoms with E-state index in [4.69, 9.17) is 9.15 Å². The molecule has 2 heterocycles. The number of nitrogens with zero attached hydrogens (tertiary/aromatic N) is 2. The molecule has 1 N–H and O–H groups in total. The largest absolute Gasteiger partial charge is 0.496 e. The van der Waals surface area contributed by atoms with Crippen LogP contribution in [0.25, 0.3) is 11.5 Å². The number of oxazole rings is 1. The number of aromatic nitrogens is 3. The summed E-state index contributed by atoms with van der Waals surface area (Å²) in [5, 5.41) is 0.570. The lowest BCUT2D eigenvalue weighted by molar-refractivity contribution is 0.414. The summed E-state index contributed by atoms with van der Waals surface area (Å²) >= 11 is 1.43. The van der Waals surface area contributed by atoms with Crippen LogP contribution in [-0.4, -0.2) is 22.1 Å². The first-order chi connectivity index (χ1) is 15.0. The molecule has 0 aliphatic heterocycles. The number of rotatable bonds is 7. The summed E-state index contributed by atoms with van der Waals surface area (Å²) in [6.45, 7) is 3.75. The van der Waals surface area contributed by atoms with Crippen molar-refractivity contribution in [2.45, 2.75) is 31.2 Å². The van der Waals surface area contributed by atoms with Crippen molar-refractivity contribution in [2.75, 3.05) is 7.11 Å². The second-order valence-corrected chi connectivity index (χ2v) is 8.07. The highest BCUT2D eigenvalue weighted by atomic mass is 32.2. The Morgan fingerprint density at radius 1 is 1.03 bits per heavy atom. The molecule has 0 atom stereocenters. The average molecular weight is 434 g/mol. The summed E-state index contributed by atoms with van der Waals surface area (Å²) in [4.78, 5) is 24.8. The molecule has 0 radical (unpaired) electrons. The third-order valence-corrected chi connectivity index (χ3v) is 5.88. The van der Waals surface area contributed by atoms with Crippen LogP contribution in [-0.2, 0) is 12.2 Å². The predicted octanol–water partition coefficient (Wildman–Crippen LogP) is 4.93. The molecule has 2 aromatic heterocycles. The number of aromatic amines is 1. The van der Waals surface area contributed by atoms with Crippen LogP contribution in [0, 0.1) is 13.8 Å². The summed E-state index contributed by atoms with van der Waals surface area (Å²) in [5.41, 5.74) is 4.01. The topological polar surface area (TPSA) is 81.0 Å². The summed E-state index contributed by atoms with van der Waals surface area (Å²) in [6.07, 6.45) is 0.560. The lowest BCUT2D eigenvalue weighted by Gasteiger charge is -2.07. The SMILES string of the molecule is COc1ccccc1-c1nc(CSc2nc(C)c(Cc3ccccc3)c(=O)[nH]2)c(C)o1. The smallest absolute Gasteiger partial charge is 0.255 e. The third kappa shape index (κ3) is 4.72. The molecule has 7 heteroatoms. The number of thioether (sulfide) groups is 1. The van der Waals surface area contributed by atoms with Crippen LogP contribution in [0.2, 0.25) is 0 Å². The van der Waals surface area contributed by atoms with Crippen molar-refractivity contribution in [1.82, 2.24) is 15.0 Å². The standard InChI is InChI=1S/C24H23N3O3S/c1-15-19(13-17-9-5-4-6-10-17)22(28)27-24(25-15)31-14-20-16(2)30-23(26-20)18-11-7-8-12-21(18)29-3/h4-12H,13-14H2,1-3H3,(H,25,27,28). The number of benzene rings is 2. The Morgan fingerprint density at radius 3 is 2.52 bits per heavy atom. The van der Waals surface area contributed by atoms with E-state index in [0.717, 1.165) is 28.3 Å². The van der Waals surface area contributed by atoms with Crippen LogP contribution < -0.4 is 10.3 Å². The first kappa shape index (κ1) is 20.9. The first-order valence-corrected chi connectivity index (χ1v) is 10.9. The fraction of sp³-hybridized carbons (Fsp3) is 0.208. The fourth-order valence-electron chi connectivity index (χ4n) is 3.30. The summed E-state index contributed by atoms with van der Waals surface area (Å²) < 4.78 is 11.3. The van der Waals surface area contributed by atoms with Gasteiger partial charge in [0, 0.05) is 23.4 Å². The average Bonchev–Trinajstić information content (AvgIpc) is 3.16. The van der Waals surface area contributed by atoms with Gasteiger partial charge in [-0.05, 0) is 31.5 Å². The van der Waals surface area contributed by atoms with Crippen LogP contribution in [0.5, 0.6) is 5.75 Å².